The van der Waals surface area contributed by atoms with Crippen LogP contribution >= 0.6 is 31.9 Å². The zero-order valence-corrected chi connectivity index (χ0v) is 19.0. The number of aliphatic hydroxyl groups is 1. The molecule has 1 aliphatic rings. The van der Waals surface area contributed by atoms with E-state index in [0.29, 0.717) is 22.3 Å². The first kappa shape index (κ1) is 20.0. The van der Waals surface area contributed by atoms with Crippen LogP contribution in [0.4, 0.5) is 16.2 Å². The number of halogens is 2. The van der Waals surface area contributed by atoms with Crippen molar-refractivity contribution in [1.82, 2.24) is 0 Å². The van der Waals surface area contributed by atoms with Crippen LogP contribution in [0.15, 0.2) is 92.2 Å². The number of amides is 3. The quantitative estimate of drug-likeness (QED) is 0.334. The van der Waals surface area contributed by atoms with E-state index in [1.54, 1.807) is 66.7 Å². The predicted octanol–water partition coefficient (Wildman–Crippen LogP) is 5.78. The summed E-state index contributed by atoms with van der Waals surface area (Å²) in [7, 11) is 0. The molecule has 1 aliphatic heterocycles. The number of furan rings is 1. The molecule has 3 amide bonds. The SMILES string of the molecule is O=C1N(c2ccc(Br)cc2)C(=O)C(O)(c2cc3ccccc3o2)N1c1ccc(Br)cc1. The maximum Gasteiger partial charge on any atom is 0.339 e. The summed E-state index contributed by atoms with van der Waals surface area (Å²) in [5.41, 5.74) is -1.16. The van der Waals surface area contributed by atoms with Gasteiger partial charge in [-0.2, -0.15) is 0 Å². The molecule has 0 radical (unpaired) electrons. The fourth-order valence-corrected chi connectivity index (χ4v) is 4.18. The minimum absolute atomic E-state index is 0.0328. The van der Waals surface area contributed by atoms with Crippen molar-refractivity contribution in [2.45, 2.75) is 5.72 Å². The minimum atomic E-state index is -2.35. The fraction of sp³-hybridized carbons (Fsp3) is 0.0435. The molecule has 0 aliphatic carbocycles. The Balaban J connectivity index is 1.72. The number of imide groups is 1. The van der Waals surface area contributed by atoms with Gasteiger partial charge in [0.1, 0.15) is 5.58 Å². The predicted molar refractivity (Wildman–Crippen MR) is 124 cm³/mol. The Labute approximate surface area is 193 Å². The van der Waals surface area contributed by atoms with Gasteiger partial charge in [-0.05, 0) is 60.7 Å². The van der Waals surface area contributed by atoms with E-state index in [9.17, 15) is 14.7 Å². The molecule has 3 aromatic carbocycles. The summed E-state index contributed by atoms with van der Waals surface area (Å²) in [5.74, 6) is -0.851. The number of hydrogen-bond acceptors (Lipinski definition) is 4. The zero-order chi connectivity index (χ0) is 21.8. The summed E-state index contributed by atoms with van der Waals surface area (Å²) in [6.07, 6.45) is 0. The second-order valence-electron chi connectivity index (χ2n) is 7.03. The monoisotopic (exact) mass is 540 g/mol. The molecule has 8 heteroatoms. The van der Waals surface area contributed by atoms with Crippen molar-refractivity contribution in [3.63, 3.8) is 0 Å². The van der Waals surface area contributed by atoms with Crippen molar-refractivity contribution >= 4 is 66.1 Å². The fourth-order valence-electron chi connectivity index (χ4n) is 3.65. The third-order valence-electron chi connectivity index (χ3n) is 5.15. The van der Waals surface area contributed by atoms with E-state index in [1.165, 1.54) is 0 Å². The second-order valence-corrected chi connectivity index (χ2v) is 8.86. The molecule has 154 valence electrons. The lowest BCUT2D eigenvalue weighted by Gasteiger charge is -2.28. The molecule has 1 atom stereocenters. The van der Waals surface area contributed by atoms with Crippen molar-refractivity contribution in [1.29, 1.82) is 0 Å². The van der Waals surface area contributed by atoms with Crippen molar-refractivity contribution in [3.05, 3.63) is 93.6 Å². The average Bonchev–Trinajstić information content (AvgIpc) is 3.29. The first-order chi connectivity index (χ1) is 14.9. The number of urea groups is 1. The van der Waals surface area contributed by atoms with Crippen LogP contribution < -0.4 is 9.80 Å². The number of rotatable bonds is 3. The maximum absolute atomic E-state index is 13.6. The van der Waals surface area contributed by atoms with Gasteiger partial charge < -0.3 is 9.52 Å². The first-order valence-electron chi connectivity index (χ1n) is 9.31. The zero-order valence-electron chi connectivity index (χ0n) is 15.8. The van der Waals surface area contributed by atoms with Gasteiger partial charge in [-0.1, -0.05) is 50.1 Å². The molecule has 1 unspecified atom stereocenters. The first-order valence-corrected chi connectivity index (χ1v) is 10.9. The van der Waals surface area contributed by atoms with Gasteiger partial charge in [-0.3, -0.25) is 4.79 Å². The van der Waals surface area contributed by atoms with Gasteiger partial charge in [0, 0.05) is 20.0 Å². The van der Waals surface area contributed by atoms with Crippen LogP contribution in [-0.2, 0) is 10.5 Å². The van der Waals surface area contributed by atoms with Gasteiger partial charge in [-0.15, -0.1) is 0 Å². The van der Waals surface area contributed by atoms with Crippen LogP contribution in [0, 0.1) is 0 Å². The summed E-state index contributed by atoms with van der Waals surface area (Å²) < 4.78 is 7.44. The van der Waals surface area contributed by atoms with E-state index < -0.39 is 17.7 Å². The van der Waals surface area contributed by atoms with Gasteiger partial charge in [0.2, 0.25) is 0 Å². The number of nitrogens with zero attached hydrogens (tertiary/aromatic N) is 2. The van der Waals surface area contributed by atoms with Crippen molar-refractivity contribution in [3.8, 4) is 0 Å². The molecule has 1 fully saturated rings. The number of hydrogen-bond donors (Lipinski definition) is 1. The topological polar surface area (TPSA) is 74.0 Å². The largest absolute Gasteiger partial charge is 0.455 e. The summed E-state index contributed by atoms with van der Waals surface area (Å²) >= 11 is 6.72. The summed E-state index contributed by atoms with van der Waals surface area (Å²) in [4.78, 5) is 29.1. The Morgan fingerprint density at radius 2 is 1.39 bits per heavy atom. The standard InChI is InChI=1S/C23H14Br2N2O4/c24-15-5-9-17(10-6-15)26-21(28)23(30,20-13-14-3-1-2-4-19(14)31-20)27(22(26)29)18-11-7-16(25)8-12-18/h1-13,30H. The molecule has 1 N–H and O–H groups in total. The van der Waals surface area contributed by atoms with E-state index in [0.717, 1.165) is 18.7 Å². The highest BCUT2D eigenvalue weighted by atomic mass is 79.9. The second kappa shape index (κ2) is 7.33. The van der Waals surface area contributed by atoms with Crippen LogP contribution in [0.5, 0.6) is 0 Å². The van der Waals surface area contributed by atoms with Crippen molar-refractivity contribution in [2.75, 3.05) is 9.80 Å². The number of carbonyl (C=O) groups excluding carboxylic acids is 2. The van der Waals surface area contributed by atoms with Gasteiger partial charge >= 0.3 is 6.03 Å². The van der Waals surface area contributed by atoms with Gasteiger partial charge in [0.05, 0.1) is 5.69 Å². The van der Waals surface area contributed by atoms with Crippen LogP contribution in [0.25, 0.3) is 11.0 Å². The number of benzene rings is 3. The van der Waals surface area contributed by atoms with Crippen molar-refractivity contribution < 1.29 is 19.1 Å². The number of carbonyl (C=O) groups is 2. The molecule has 6 nitrogen and oxygen atoms in total. The smallest absolute Gasteiger partial charge is 0.339 e. The Morgan fingerprint density at radius 3 is 2.00 bits per heavy atom. The lowest BCUT2D eigenvalue weighted by Crippen LogP contribution is -2.47. The highest BCUT2D eigenvalue weighted by Gasteiger charge is 2.61. The highest BCUT2D eigenvalue weighted by molar-refractivity contribution is 9.10. The molecule has 1 aromatic heterocycles. The number of fused-ring (bicyclic) bond motifs is 1. The third kappa shape index (κ3) is 3.10. The number of anilines is 2. The number of para-hydroxylation sites is 1. The Kier molecular flexibility index (Phi) is 4.73. The minimum Gasteiger partial charge on any atom is -0.455 e. The Bertz CT molecular complexity index is 1280. The summed E-state index contributed by atoms with van der Waals surface area (Å²) in [5, 5.41) is 12.5. The third-order valence-corrected chi connectivity index (χ3v) is 6.20. The molecule has 0 saturated carbocycles. The van der Waals surface area contributed by atoms with Crippen LogP contribution in [0.3, 0.4) is 0 Å². The molecule has 2 heterocycles. The molecule has 4 aromatic rings. The Morgan fingerprint density at radius 1 is 0.806 bits per heavy atom. The molecule has 1 saturated heterocycles. The highest BCUT2D eigenvalue weighted by Crippen LogP contribution is 2.43. The van der Waals surface area contributed by atoms with Crippen LogP contribution in [-0.4, -0.2) is 17.0 Å². The molecular formula is C23H14Br2N2O4. The summed E-state index contributed by atoms with van der Waals surface area (Å²) in [6.45, 7) is 0. The lowest BCUT2D eigenvalue weighted by molar-refractivity contribution is -0.135. The van der Waals surface area contributed by atoms with E-state index in [4.69, 9.17) is 4.42 Å². The Hall–Kier alpha value is -2.94. The molecule has 0 bridgehead atoms. The van der Waals surface area contributed by atoms with Gasteiger partial charge in [-0.25, -0.2) is 14.6 Å². The van der Waals surface area contributed by atoms with E-state index >= 15 is 0 Å². The van der Waals surface area contributed by atoms with E-state index in [-0.39, 0.29) is 5.76 Å². The maximum atomic E-state index is 13.6. The summed E-state index contributed by atoms with van der Waals surface area (Å²) in [6, 6.07) is 21.5. The van der Waals surface area contributed by atoms with Gasteiger partial charge in [0.25, 0.3) is 11.6 Å². The molecule has 31 heavy (non-hydrogen) atoms. The van der Waals surface area contributed by atoms with E-state index in [1.807, 2.05) is 12.1 Å². The normalized spacial score (nSPS) is 18.9. The van der Waals surface area contributed by atoms with Gasteiger partial charge in [0.15, 0.2) is 5.76 Å². The lowest BCUT2D eigenvalue weighted by atomic mass is 10.1. The van der Waals surface area contributed by atoms with Crippen LogP contribution in [0.2, 0.25) is 0 Å². The average molecular weight is 542 g/mol. The van der Waals surface area contributed by atoms with Crippen molar-refractivity contribution in [2.24, 2.45) is 0 Å². The molecule has 5 rings (SSSR count). The van der Waals surface area contributed by atoms with Crippen LogP contribution in [0.1, 0.15) is 5.76 Å². The molecular weight excluding hydrogens is 528 g/mol. The van der Waals surface area contributed by atoms with E-state index in [2.05, 4.69) is 31.9 Å². The molecule has 0 spiro atoms.